The zero-order chi connectivity index (χ0) is 14.4. The Kier molecular flexibility index (Phi) is 5.10. The fraction of sp³-hybridized carbons (Fsp3) is 0.412. The molecule has 1 aliphatic carbocycles. The maximum atomic E-state index is 12.0. The lowest BCUT2D eigenvalue weighted by atomic mass is 9.85. The number of allylic oxidation sites excluding steroid dienone is 2. The Labute approximate surface area is 119 Å². The molecule has 1 aliphatic rings. The van der Waals surface area contributed by atoms with E-state index in [0.717, 1.165) is 24.0 Å². The Balaban J connectivity index is 2.03. The molecule has 0 amide bonds. The van der Waals surface area contributed by atoms with Crippen LogP contribution in [0.4, 0.5) is 0 Å². The summed E-state index contributed by atoms with van der Waals surface area (Å²) >= 11 is 0. The predicted octanol–water partition coefficient (Wildman–Crippen LogP) is 3.39. The number of hydrogen-bond donors (Lipinski definition) is 0. The first-order valence-corrected chi connectivity index (χ1v) is 7.16. The summed E-state index contributed by atoms with van der Waals surface area (Å²) in [5.41, 5.74) is 1.94. The van der Waals surface area contributed by atoms with Gasteiger partial charge in [-0.1, -0.05) is 43.7 Å². The molecule has 0 radical (unpaired) electrons. The molecule has 0 N–H and O–H groups in total. The minimum Gasteiger partial charge on any atom is -0.465 e. The summed E-state index contributed by atoms with van der Waals surface area (Å²) in [6.07, 6.45) is 4.37. The summed E-state index contributed by atoms with van der Waals surface area (Å²) in [5.74, 6) is -0.569. The van der Waals surface area contributed by atoms with Gasteiger partial charge in [-0.15, -0.1) is 0 Å². The molecule has 2 rings (SSSR count). The topological polar surface area (TPSA) is 43.4 Å². The Hall–Kier alpha value is -1.90. The summed E-state index contributed by atoms with van der Waals surface area (Å²) < 4.78 is 5.24. The van der Waals surface area contributed by atoms with Gasteiger partial charge in [-0.2, -0.15) is 0 Å². The van der Waals surface area contributed by atoms with Gasteiger partial charge < -0.3 is 4.74 Å². The summed E-state index contributed by atoms with van der Waals surface area (Å²) in [7, 11) is 0. The molecule has 0 saturated carbocycles. The number of rotatable bonds is 5. The highest BCUT2D eigenvalue weighted by Crippen LogP contribution is 2.30. The van der Waals surface area contributed by atoms with Gasteiger partial charge in [0.2, 0.25) is 0 Å². The van der Waals surface area contributed by atoms with E-state index in [1.807, 2.05) is 37.3 Å². The number of esters is 1. The van der Waals surface area contributed by atoms with Crippen LogP contribution in [0.2, 0.25) is 0 Å². The molecule has 0 aliphatic heterocycles. The molecule has 0 unspecified atom stereocenters. The lowest BCUT2D eigenvalue weighted by Gasteiger charge is -2.21. The molecule has 0 bridgehead atoms. The van der Waals surface area contributed by atoms with Crippen molar-refractivity contribution >= 4 is 17.3 Å². The van der Waals surface area contributed by atoms with Crippen LogP contribution in [-0.4, -0.2) is 18.4 Å². The maximum Gasteiger partial charge on any atom is 0.309 e. The number of carbonyl (C=O) groups is 2. The van der Waals surface area contributed by atoms with Crippen molar-refractivity contribution in [2.24, 2.45) is 5.92 Å². The van der Waals surface area contributed by atoms with Crippen LogP contribution < -0.4 is 0 Å². The lowest BCUT2D eigenvalue weighted by Crippen LogP contribution is -2.24. The van der Waals surface area contributed by atoms with Gasteiger partial charge in [-0.05, 0) is 30.1 Å². The molecule has 0 saturated heterocycles. The Morgan fingerprint density at radius 3 is 2.70 bits per heavy atom. The SMILES string of the molecule is CCCCOC(=O)[C@H]1CC(=O)C=C(c2ccccc2)C1. The van der Waals surface area contributed by atoms with Crippen LogP contribution in [-0.2, 0) is 14.3 Å². The molecule has 0 aromatic heterocycles. The van der Waals surface area contributed by atoms with E-state index in [1.54, 1.807) is 6.08 Å². The van der Waals surface area contributed by atoms with Crippen molar-refractivity contribution < 1.29 is 14.3 Å². The van der Waals surface area contributed by atoms with Crippen molar-refractivity contribution in [1.82, 2.24) is 0 Å². The molecule has 20 heavy (non-hydrogen) atoms. The fourth-order valence-corrected chi connectivity index (χ4v) is 2.35. The zero-order valence-corrected chi connectivity index (χ0v) is 11.8. The van der Waals surface area contributed by atoms with E-state index in [1.165, 1.54) is 0 Å². The van der Waals surface area contributed by atoms with Crippen LogP contribution in [0.1, 0.15) is 38.2 Å². The number of ketones is 1. The maximum absolute atomic E-state index is 12.0. The summed E-state index contributed by atoms with van der Waals surface area (Å²) in [6.45, 7) is 2.50. The zero-order valence-electron chi connectivity index (χ0n) is 11.8. The van der Waals surface area contributed by atoms with Gasteiger partial charge in [-0.3, -0.25) is 9.59 Å². The molecule has 3 heteroatoms. The molecule has 0 spiro atoms. The lowest BCUT2D eigenvalue weighted by molar-refractivity contribution is -0.149. The molecular weight excluding hydrogens is 252 g/mol. The van der Waals surface area contributed by atoms with E-state index in [9.17, 15) is 9.59 Å². The predicted molar refractivity (Wildman–Crippen MR) is 78.0 cm³/mol. The van der Waals surface area contributed by atoms with Crippen LogP contribution in [0.25, 0.3) is 5.57 Å². The van der Waals surface area contributed by atoms with Crippen molar-refractivity contribution in [2.45, 2.75) is 32.6 Å². The number of hydrogen-bond acceptors (Lipinski definition) is 3. The molecule has 1 aromatic rings. The van der Waals surface area contributed by atoms with E-state index in [2.05, 4.69) is 0 Å². The van der Waals surface area contributed by atoms with Gasteiger partial charge >= 0.3 is 5.97 Å². The highest BCUT2D eigenvalue weighted by atomic mass is 16.5. The van der Waals surface area contributed by atoms with Crippen LogP contribution in [0.3, 0.4) is 0 Å². The van der Waals surface area contributed by atoms with E-state index < -0.39 is 0 Å². The second-order valence-electron chi connectivity index (χ2n) is 5.13. The first-order chi connectivity index (χ1) is 9.70. The first kappa shape index (κ1) is 14.5. The van der Waals surface area contributed by atoms with E-state index >= 15 is 0 Å². The highest BCUT2D eigenvalue weighted by molar-refractivity contribution is 6.01. The van der Waals surface area contributed by atoms with Gasteiger partial charge in [0.1, 0.15) is 0 Å². The van der Waals surface area contributed by atoms with Crippen molar-refractivity contribution in [3.63, 3.8) is 0 Å². The Morgan fingerprint density at radius 1 is 1.25 bits per heavy atom. The molecule has 0 heterocycles. The quantitative estimate of drug-likeness (QED) is 0.609. The second-order valence-corrected chi connectivity index (χ2v) is 5.13. The monoisotopic (exact) mass is 272 g/mol. The van der Waals surface area contributed by atoms with Crippen molar-refractivity contribution in [3.05, 3.63) is 42.0 Å². The van der Waals surface area contributed by atoms with Crippen LogP contribution in [0.5, 0.6) is 0 Å². The molecular formula is C17H20O3. The standard InChI is InChI=1S/C17H20O3/c1-2-3-9-20-17(19)15-10-14(11-16(18)12-15)13-7-5-4-6-8-13/h4-8,11,15H,2-3,9-10,12H2,1H3/t15-/m1/s1. The highest BCUT2D eigenvalue weighted by Gasteiger charge is 2.28. The van der Waals surface area contributed by atoms with Gasteiger partial charge in [0.25, 0.3) is 0 Å². The average molecular weight is 272 g/mol. The van der Waals surface area contributed by atoms with Crippen LogP contribution in [0, 0.1) is 5.92 Å². The van der Waals surface area contributed by atoms with E-state index in [0.29, 0.717) is 13.0 Å². The summed E-state index contributed by atoms with van der Waals surface area (Å²) in [5, 5.41) is 0. The normalized spacial score (nSPS) is 18.6. The smallest absolute Gasteiger partial charge is 0.309 e. The summed E-state index contributed by atoms with van der Waals surface area (Å²) in [6, 6.07) is 9.73. The molecule has 1 atom stereocenters. The summed E-state index contributed by atoms with van der Waals surface area (Å²) in [4.78, 5) is 23.8. The largest absolute Gasteiger partial charge is 0.465 e. The van der Waals surface area contributed by atoms with Gasteiger partial charge in [0.15, 0.2) is 5.78 Å². The van der Waals surface area contributed by atoms with Crippen LogP contribution in [0.15, 0.2) is 36.4 Å². The fourth-order valence-electron chi connectivity index (χ4n) is 2.35. The number of benzene rings is 1. The Bertz CT molecular complexity index is 502. The molecule has 3 nitrogen and oxygen atoms in total. The number of unbranched alkanes of at least 4 members (excludes halogenated alkanes) is 1. The van der Waals surface area contributed by atoms with Gasteiger partial charge in [0.05, 0.1) is 12.5 Å². The van der Waals surface area contributed by atoms with Gasteiger partial charge in [0, 0.05) is 6.42 Å². The third-order valence-electron chi connectivity index (χ3n) is 3.47. The minimum absolute atomic E-state index is 0.00699. The van der Waals surface area contributed by atoms with Crippen molar-refractivity contribution in [1.29, 1.82) is 0 Å². The molecule has 106 valence electrons. The first-order valence-electron chi connectivity index (χ1n) is 7.16. The third kappa shape index (κ3) is 3.80. The minimum atomic E-state index is -0.334. The second kappa shape index (κ2) is 7.04. The number of ether oxygens (including phenoxy) is 1. The Morgan fingerprint density at radius 2 is 2.00 bits per heavy atom. The van der Waals surface area contributed by atoms with Crippen molar-refractivity contribution in [2.75, 3.05) is 6.61 Å². The third-order valence-corrected chi connectivity index (χ3v) is 3.47. The van der Waals surface area contributed by atoms with Gasteiger partial charge in [-0.25, -0.2) is 0 Å². The molecule has 0 fully saturated rings. The van der Waals surface area contributed by atoms with E-state index in [-0.39, 0.29) is 24.1 Å². The van der Waals surface area contributed by atoms with E-state index in [4.69, 9.17) is 4.74 Å². The van der Waals surface area contributed by atoms with Crippen molar-refractivity contribution in [3.8, 4) is 0 Å². The average Bonchev–Trinajstić information content (AvgIpc) is 2.47. The van der Waals surface area contributed by atoms with Crippen LogP contribution >= 0.6 is 0 Å². The number of carbonyl (C=O) groups excluding carboxylic acids is 2. The molecule has 1 aromatic carbocycles.